The van der Waals surface area contributed by atoms with Crippen molar-refractivity contribution in [2.24, 2.45) is 5.92 Å². The summed E-state index contributed by atoms with van der Waals surface area (Å²) in [4.78, 5) is 7.19. The van der Waals surface area contributed by atoms with Crippen molar-refractivity contribution < 1.29 is 0 Å². The van der Waals surface area contributed by atoms with Gasteiger partial charge in [0.05, 0.1) is 5.69 Å². The molecule has 1 fully saturated rings. The van der Waals surface area contributed by atoms with Gasteiger partial charge in [0.25, 0.3) is 0 Å². The molecule has 0 aliphatic carbocycles. The molecule has 0 bridgehead atoms. The fourth-order valence-electron chi connectivity index (χ4n) is 2.88. The van der Waals surface area contributed by atoms with E-state index >= 15 is 0 Å². The van der Waals surface area contributed by atoms with E-state index in [1.165, 1.54) is 30.8 Å². The van der Waals surface area contributed by atoms with Gasteiger partial charge >= 0.3 is 0 Å². The van der Waals surface area contributed by atoms with Gasteiger partial charge < -0.3 is 4.40 Å². The van der Waals surface area contributed by atoms with Crippen molar-refractivity contribution in [3.63, 3.8) is 0 Å². The number of nitrogens with zero attached hydrogens (tertiary/aromatic N) is 3. The lowest BCUT2D eigenvalue weighted by atomic mass is 10.00. The molecule has 1 aliphatic heterocycles. The van der Waals surface area contributed by atoms with E-state index in [1.807, 2.05) is 12.1 Å². The van der Waals surface area contributed by atoms with E-state index in [4.69, 9.17) is 0 Å². The Labute approximate surface area is 114 Å². The van der Waals surface area contributed by atoms with Crippen LogP contribution < -0.4 is 0 Å². The first kappa shape index (κ1) is 12.4. The van der Waals surface area contributed by atoms with Crippen LogP contribution in [-0.2, 0) is 6.54 Å². The molecule has 0 saturated carbocycles. The quantitative estimate of drug-likeness (QED) is 0.785. The van der Waals surface area contributed by atoms with Crippen molar-refractivity contribution >= 4 is 5.65 Å². The number of rotatable bonds is 3. The van der Waals surface area contributed by atoms with Crippen molar-refractivity contribution in [1.29, 1.82) is 0 Å². The number of hydrogen-bond acceptors (Lipinski definition) is 2. The third-order valence-corrected chi connectivity index (χ3v) is 4.17. The maximum Gasteiger partial charge on any atom is 0.137 e. The van der Waals surface area contributed by atoms with Crippen molar-refractivity contribution in [2.75, 3.05) is 13.1 Å². The van der Waals surface area contributed by atoms with Gasteiger partial charge in [-0.2, -0.15) is 0 Å². The lowest BCUT2D eigenvalue weighted by molar-refractivity contribution is 0.319. The molecular weight excluding hydrogens is 234 g/mol. The van der Waals surface area contributed by atoms with Gasteiger partial charge in [-0.25, -0.2) is 4.98 Å². The zero-order valence-electron chi connectivity index (χ0n) is 11.7. The number of likely N-dealkylation sites (tertiary alicyclic amines) is 1. The highest BCUT2D eigenvalue weighted by Gasteiger charge is 2.23. The Morgan fingerprint density at radius 2 is 2.37 bits per heavy atom. The Morgan fingerprint density at radius 1 is 1.47 bits per heavy atom. The smallest absolute Gasteiger partial charge is 0.137 e. The van der Waals surface area contributed by atoms with E-state index < -0.39 is 0 Å². The predicted octanol–water partition coefficient (Wildman–Crippen LogP) is 3.12. The first-order valence-electron chi connectivity index (χ1n) is 7.04. The minimum atomic E-state index is 0.738. The van der Waals surface area contributed by atoms with Crippen LogP contribution in [0.1, 0.15) is 26.0 Å². The summed E-state index contributed by atoms with van der Waals surface area (Å²) in [7, 11) is 0. The predicted molar refractivity (Wildman–Crippen MR) is 78.0 cm³/mol. The second-order valence-corrected chi connectivity index (χ2v) is 5.45. The van der Waals surface area contributed by atoms with Crippen LogP contribution in [0.2, 0.25) is 0 Å². The van der Waals surface area contributed by atoms with E-state index in [0.29, 0.717) is 0 Å². The van der Waals surface area contributed by atoms with Crippen LogP contribution in [0.5, 0.6) is 0 Å². The number of hydrogen-bond donors (Lipinski definition) is 0. The number of aromatic nitrogens is 2. The monoisotopic (exact) mass is 255 g/mol. The summed E-state index contributed by atoms with van der Waals surface area (Å²) in [6, 6.07) is 6.13. The molecule has 1 unspecified atom stereocenters. The zero-order chi connectivity index (χ0) is 13.2. The second-order valence-electron chi connectivity index (χ2n) is 5.45. The Bertz CT molecular complexity index is 564. The summed E-state index contributed by atoms with van der Waals surface area (Å²) in [6.45, 7) is 7.71. The standard InChI is InChI=1S/C16H21N3/c1-3-13(2)14-7-9-18(10-14)11-15-12-19-8-5-4-6-16(19)17-15/h3-6,8,12,14H,7,9-11H2,1-2H3. The largest absolute Gasteiger partial charge is 0.307 e. The lowest BCUT2D eigenvalue weighted by Crippen LogP contribution is -2.20. The Hall–Kier alpha value is -1.61. The highest BCUT2D eigenvalue weighted by molar-refractivity contribution is 5.39. The number of allylic oxidation sites excluding steroid dienone is 1. The molecular formula is C16H21N3. The summed E-state index contributed by atoms with van der Waals surface area (Å²) in [5, 5.41) is 0. The minimum absolute atomic E-state index is 0.738. The van der Waals surface area contributed by atoms with Crippen molar-refractivity contribution in [2.45, 2.75) is 26.8 Å². The van der Waals surface area contributed by atoms with Gasteiger partial charge in [-0.05, 0) is 44.9 Å². The minimum Gasteiger partial charge on any atom is -0.307 e. The van der Waals surface area contributed by atoms with Crippen LogP contribution >= 0.6 is 0 Å². The summed E-state index contributed by atoms with van der Waals surface area (Å²) < 4.78 is 2.10. The van der Waals surface area contributed by atoms with Crippen LogP contribution in [0.25, 0.3) is 5.65 Å². The van der Waals surface area contributed by atoms with Crippen LogP contribution in [-0.4, -0.2) is 27.4 Å². The lowest BCUT2D eigenvalue weighted by Gasteiger charge is -2.14. The maximum absolute atomic E-state index is 4.67. The molecule has 3 heteroatoms. The van der Waals surface area contributed by atoms with Gasteiger partial charge in [-0.15, -0.1) is 0 Å². The average Bonchev–Trinajstić information content (AvgIpc) is 3.04. The molecule has 1 saturated heterocycles. The van der Waals surface area contributed by atoms with Gasteiger partial charge in [0.2, 0.25) is 0 Å². The van der Waals surface area contributed by atoms with Crippen LogP contribution in [0.3, 0.4) is 0 Å². The first-order chi connectivity index (χ1) is 9.26. The molecule has 0 aromatic carbocycles. The fraction of sp³-hybridized carbons (Fsp3) is 0.438. The number of pyridine rings is 1. The molecule has 0 radical (unpaired) electrons. The van der Waals surface area contributed by atoms with E-state index in [2.05, 4.69) is 52.7 Å². The van der Waals surface area contributed by atoms with E-state index in [-0.39, 0.29) is 0 Å². The van der Waals surface area contributed by atoms with Gasteiger partial charge in [-0.1, -0.05) is 17.7 Å². The highest BCUT2D eigenvalue weighted by atomic mass is 15.2. The van der Waals surface area contributed by atoms with Gasteiger partial charge in [0.15, 0.2) is 0 Å². The molecule has 3 heterocycles. The molecule has 19 heavy (non-hydrogen) atoms. The Kier molecular flexibility index (Phi) is 3.38. The number of fused-ring (bicyclic) bond motifs is 1. The van der Waals surface area contributed by atoms with Crippen LogP contribution in [0, 0.1) is 5.92 Å². The highest BCUT2D eigenvalue weighted by Crippen LogP contribution is 2.24. The van der Waals surface area contributed by atoms with E-state index in [9.17, 15) is 0 Å². The zero-order valence-corrected chi connectivity index (χ0v) is 11.7. The molecule has 100 valence electrons. The SMILES string of the molecule is CC=C(C)C1CCN(Cc2cn3ccccc3n2)C1. The van der Waals surface area contributed by atoms with Crippen LogP contribution in [0.4, 0.5) is 0 Å². The summed E-state index contributed by atoms with van der Waals surface area (Å²) in [5.74, 6) is 0.738. The average molecular weight is 255 g/mol. The molecule has 2 aromatic rings. The van der Waals surface area contributed by atoms with Gasteiger partial charge in [-0.3, -0.25) is 4.90 Å². The first-order valence-corrected chi connectivity index (χ1v) is 7.04. The van der Waals surface area contributed by atoms with Crippen molar-refractivity contribution in [3.8, 4) is 0 Å². The van der Waals surface area contributed by atoms with Gasteiger partial charge in [0, 0.05) is 25.5 Å². The normalized spacial score (nSPS) is 21.4. The topological polar surface area (TPSA) is 20.5 Å². The molecule has 1 aliphatic rings. The summed E-state index contributed by atoms with van der Waals surface area (Å²) >= 11 is 0. The molecule has 3 rings (SSSR count). The molecule has 1 atom stereocenters. The Balaban J connectivity index is 1.69. The fourth-order valence-corrected chi connectivity index (χ4v) is 2.88. The van der Waals surface area contributed by atoms with Crippen molar-refractivity contribution in [1.82, 2.24) is 14.3 Å². The van der Waals surface area contributed by atoms with Gasteiger partial charge in [0.1, 0.15) is 5.65 Å². The summed E-state index contributed by atoms with van der Waals surface area (Å²) in [6.07, 6.45) is 7.73. The maximum atomic E-state index is 4.67. The van der Waals surface area contributed by atoms with Crippen LogP contribution in [0.15, 0.2) is 42.2 Å². The molecule has 0 spiro atoms. The number of imidazole rings is 1. The molecule has 0 N–H and O–H groups in total. The van der Waals surface area contributed by atoms with E-state index in [1.54, 1.807) is 0 Å². The third-order valence-electron chi connectivity index (χ3n) is 4.17. The molecule has 0 amide bonds. The third kappa shape index (κ3) is 2.56. The second kappa shape index (κ2) is 5.17. The molecule has 3 nitrogen and oxygen atoms in total. The van der Waals surface area contributed by atoms with E-state index in [0.717, 1.165) is 18.1 Å². The van der Waals surface area contributed by atoms with Crippen molar-refractivity contribution in [3.05, 3.63) is 47.9 Å². The Morgan fingerprint density at radius 3 is 3.16 bits per heavy atom. The molecule has 2 aromatic heterocycles. The summed E-state index contributed by atoms with van der Waals surface area (Å²) in [5.41, 5.74) is 3.74.